The van der Waals surface area contributed by atoms with Crippen molar-refractivity contribution in [3.8, 4) is 5.75 Å². The second-order valence-electron chi connectivity index (χ2n) is 7.59. The average Bonchev–Trinajstić information content (AvgIpc) is 3.07. The zero-order valence-electron chi connectivity index (χ0n) is 17.7. The van der Waals surface area contributed by atoms with Crippen molar-refractivity contribution >= 4 is 34.4 Å². The molecule has 1 unspecified atom stereocenters. The normalized spacial score (nSPS) is 12.0. The van der Waals surface area contributed by atoms with Crippen LogP contribution in [0.4, 0.5) is 0 Å². The Kier molecular flexibility index (Phi) is 6.01. The summed E-state index contributed by atoms with van der Waals surface area (Å²) in [6, 6.07) is 21.7. The first kappa shape index (κ1) is 21.7. The molecular formula is C26H22ClNO4. The van der Waals surface area contributed by atoms with Gasteiger partial charge in [0.2, 0.25) is 0 Å². The predicted molar refractivity (Wildman–Crippen MR) is 125 cm³/mol. The highest BCUT2D eigenvalue weighted by atomic mass is 35.5. The molecule has 0 fully saturated rings. The van der Waals surface area contributed by atoms with Crippen LogP contribution in [0.2, 0.25) is 5.02 Å². The van der Waals surface area contributed by atoms with Gasteiger partial charge in [-0.25, -0.2) is 0 Å². The molecule has 0 radical (unpaired) electrons. The number of fused-ring (bicyclic) bond motifs is 1. The SMILES string of the molecule is COc1cc2c(C(Cc3ccccc3)C(=O)O)c(C)n(C(=O)c3ccccc3)c2cc1Cl. The molecule has 0 saturated heterocycles. The summed E-state index contributed by atoms with van der Waals surface area (Å²) in [6.07, 6.45) is 0.292. The minimum Gasteiger partial charge on any atom is -0.495 e. The van der Waals surface area contributed by atoms with Crippen LogP contribution >= 0.6 is 11.6 Å². The monoisotopic (exact) mass is 447 g/mol. The maximum Gasteiger partial charge on any atom is 0.311 e. The molecule has 32 heavy (non-hydrogen) atoms. The van der Waals surface area contributed by atoms with Crippen LogP contribution in [0.5, 0.6) is 5.75 Å². The van der Waals surface area contributed by atoms with Gasteiger partial charge in [-0.15, -0.1) is 0 Å². The number of rotatable bonds is 6. The average molecular weight is 448 g/mol. The van der Waals surface area contributed by atoms with E-state index in [4.69, 9.17) is 16.3 Å². The molecule has 5 nitrogen and oxygen atoms in total. The molecule has 6 heteroatoms. The van der Waals surface area contributed by atoms with Gasteiger partial charge in [-0.05, 0) is 48.7 Å². The van der Waals surface area contributed by atoms with E-state index in [1.54, 1.807) is 47.9 Å². The van der Waals surface area contributed by atoms with Crippen LogP contribution in [0.15, 0.2) is 72.8 Å². The lowest BCUT2D eigenvalue weighted by atomic mass is 9.90. The van der Waals surface area contributed by atoms with Crippen LogP contribution in [0, 0.1) is 6.92 Å². The number of nitrogens with zero attached hydrogens (tertiary/aromatic N) is 1. The Labute approximate surface area is 190 Å². The molecule has 4 aromatic rings. The molecule has 1 N–H and O–H groups in total. The Balaban J connectivity index is 1.98. The molecule has 1 atom stereocenters. The highest BCUT2D eigenvalue weighted by molar-refractivity contribution is 6.33. The van der Waals surface area contributed by atoms with Crippen LogP contribution < -0.4 is 4.74 Å². The first-order valence-corrected chi connectivity index (χ1v) is 10.5. The maximum atomic E-state index is 13.5. The van der Waals surface area contributed by atoms with Gasteiger partial charge in [-0.3, -0.25) is 14.2 Å². The number of aromatic nitrogens is 1. The van der Waals surface area contributed by atoms with Crippen molar-refractivity contribution < 1.29 is 19.4 Å². The minimum atomic E-state index is -0.961. The number of benzene rings is 3. The third-order valence-electron chi connectivity index (χ3n) is 5.68. The van der Waals surface area contributed by atoms with E-state index in [-0.39, 0.29) is 5.91 Å². The van der Waals surface area contributed by atoms with E-state index in [0.717, 1.165) is 5.56 Å². The van der Waals surface area contributed by atoms with Gasteiger partial charge < -0.3 is 9.84 Å². The van der Waals surface area contributed by atoms with E-state index < -0.39 is 11.9 Å². The number of hydrogen-bond donors (Lipinski definition) is 1. The third-order valence-corrected chi connectivity index (χ3v) is 5.97. The summed E-state index contributed by atoms with van der Waals surface area (Å²) < 4.78 is 6.94. The van der Waals surface area contributed by atoms with Crippen LogP contribution in [0.3, 0.4) is 0 Å². The molecule has 0 spiro atoms. The molecule has 1 heterocycles. The van der Waals surface area contributed by atoms with Crippen LogP contribution in [0.1, 0.15) is 33.1 Å². The summed E-state index contributed by atoms with van der Waals surface area (Å²) >= 11 is 6.39. The van der Waals surface area contributed by atoms with Gasteiger partial charge in [-0.1, -0.05) is 60.1 Å². The van der Waals surface area contributed by atoms with Crippen LogP contribution in [-0.2, 0) is 11.2 Å². The van der Waals surface area contributed by atoms with Gasteiger partial charge in [0, 0.05) is 16.6 Å². The summed E-state index contributed by atoms with van der Waals surface area (Å²) in [4.78, 5) is 25.9. The number of halogens is 1. The lowest BCUT2D eigenvalue weighted by Gasteiger charge is -2.14. The standard InChI is InChI=1S/C26H22ClNO4/c1-16-24(20(26(30)31)13-17-9-5-3-6-10-17)19-14-23(32-2)21(27)15-22(19)28(16)25(29)18-11-7-4-8-12-18/h3-12,14-15,20H,13H2,1-2H3,(H,30,31). The zero-order valence-corrected chi connectivity index (χ0v) is 18.5. The quantitative estimate of drug-likeness (QED) is 0.411. The Morgan fingerprint density at radius 2 is 1.66 bits per heavy atom. The lowest BCUT2D eigenvalue weighted by Crippen LogP contribution is -2.17. The van der Waals surface area contributed by atoms with E-state index in [2.05, 4.69) is 0 Å². The molecule has 3 aromatic carbocycles. The van der Waals surface area contributed by atoms with Crippen LogP contribution in [-0.4, -0.2) is 28.7 Å². The van der Waals surface area contributed by atoms with E-state index in [1.165, 1.54) is 7.11 Å². The molecule has 0 aliphatic carbocycles. The Bertz CT molecular complexity index is 1300. The number of carbonyl (C=O) groups is 2. The summed E-state index contributed by atoms with van der Waals surface area (Å²) in [5.74, 6) is -1.63. The number of ether oxygens (including phenoxy) is 1. The van der Waals surface area contributed by atoms with Crippen molar-refractivity contribution in [2.45, 2.75) is 19.3 Å². The van der Waals surface area contributed by atoms with Crippen LogP contribution in [0.25, 0.3) is 10.9 Å². The van der Waals surface area contributed by atoms with Crippen molar-refractivity contribution in [3.63, 3.8) is 0 Å². The topological polar surface area (TPSA) is 68.5 Å². The fourth-order valence-corrected chi connectivity index (χ4v) is 4.41. The Hall–Kier alpha value is -3.57. The van der Waals surface area contributed by atoms with E-state index >= 15 is 0 Å². The number of aliphatic carboxylic acids is 1. The molecule has 0 amide bonds. The van der Waals surface area contributed by atoms with E-state index in [9.17, 15) is 14.7 Å². The van der Waals surface area contributed by atoms with Gasteiger partial charge in [-0.2, -0.15) is 0 Å². The highest BCUT2D eigenvalue weighted by Gasteiger charge is 2.30. The van der Waals surface area contributed by atoms with Gasteiger partial charge in [0.25, 0.3) is 5.91 Å². The second-order valence-corrected chi connectivity index (χ2v) is 8.00. The molecule has 4 rings (SSSR count). The van der Waals surface area contributed by atoms with E-state index in [0.29, 0.717) is 44.9 Å². The van der Waals surface area contributed by atoms with Gasteiger partial charge >= 0.3 is 5.97 Å². The number of carbonyl (C=O) groups excluding carboxylic acids is 1. The molecule has 0 aliphatic heterocycles. The molecule has 0 saturated carbocycles. The smallest absolute Gasteiger partial charge is 0.311 e. The third kappa shape index (κ3) is 3.87. The molecule has 1 aromatic heterocycles. The lowest BCUT2D eigenvalue weighted by molar-refractivity contribution is -0.138. The highest BCUT2D eigenvalue weighted by Crippen LogP contribution is 2.39. The number of carboxylic acids is 1. The molecule has 162 valence electrons. The van der Waals surface area contributed by atoms with Gasteiger partial charge in [0.15, 0.2) is 0 Å². The van der Waals surface area contributed by atoms with E-state index in [1.807, 2.05) is 36.4 Å². The number of carboxylic acid groups (broad SMARTS) is 1. The predicted octanol–water partition coefficient (Wildman–Crippen LogP) is 5.71. The zero-order chi connectivity index (χ0) is 22.8. The fourth-order valence-electron chi connectivity index (χ4n) is 4.17. The van der Waals surface area contributed by atoms with Gasteiger partial charge in [0.1, 0.15) is 5.75 Å². The Morgan fingerprint density at radius 1 is 1.03 bits per heavy atom. The summed E-state index contributed by atoms with van der Waals surface area (Å²) in [5.41, 5.74) is 3.10. The summed E-state index contributed by atoms with van der Waals surface area (Å²) in [6.45, 7) is 1.78. The summed E-state index contributed by atoms with van der Waals surface area (Å²) in [5, 5.41) is 11.2. The van der Waals surface area contributed by atoms with Crippen molar-refractivity contribution in [3.05, 3.63) is 100 Å². The maximum absolute atomic E-state index is 13.5. The van der Waals surface area contributed by atoms with Crippen molar-refractivity contribution in [2.24, 2.45) is 0 Å². The molecule has 0 aliphatic rings. The largest absolute Gasteiger partial charge is 0.495 e. The molecular weight excluding hydrogens is 426 g/mol. The second kappa shape index (κ2) is 8.89. The Morgan fingerprint density at radius 3 is 2.25 bits per heavy atom. The first-order valence-electron chi connectivity index (χ1n) is 10.2. The summed E-state index contributed by atoms with van der Waals surface area (Å²) in [7, 11) is 1.50. The van der Waals surface area contributed by atoms with Crippen molar-refractivity contribution in [1.29, 1.82) is 0 Å². The van der Waals surface area contributed by atoms with Crippen molar-refractivity contribution in [1.82, 2.24) is 4.57 Å². The minimum absolute atomic E-state index is 0.246. The fraction of sp³-hybridized carbons (Fsp3) is 0.154. The van der Waals surface area contributed by atoms with Gasteiger partial charge in [0.05, 0.1) is 23.6 Å². The number of methoxy groups -OCH3 is 1. The first-order chi connectivity index (χ1) is 15.4. The van der Waals surface area contributed by atoms with Crippen molar-refractivity contribution in [2.75, 3.05) is 7.11 Å². The number of hydrogen-bond acceptors (Lipinski definition) is 3. The molecule has 0 bridgehead atoms.